The molecule has 0 saturated carbocycles. The summed E-state index contributed by atoms with van der Waals surface area (Å²) < 4.78 is 0. The largest absolute Gasteiger partial charge is 0.299 e. The summed E-state index contributed by atoms with van der Waals surface area (Å²) in [7, 11) is 0. The molecule has 0 bridgehead atoms. The Hall–Kier alpha value is -1.88. The van der Waals surface area contributed by atoms with Crippen molar-refractivity contribution in [3.05, 3.63) is 41.5 Å². The summed E-state index contributed by atoms with van der Waals surface area (Å²) in [6, 6.07) is 9.02. The van der Waals surface area contributed by atoms with E-state index >= 15 is 0 Å². The van der Waals surface area contributed by atoms with Gasteiger partial charge in [0, 0.05) is 0 Å². The van der Waals surface area contributed by atoms with Gasteiger partial charge in [0.05, 0.1) is 11.6 Å². The molecule has 0 aliphatic carbocycles. The van der Waals surface area contributed by atoms with Gasteiger partial charge in [-0.25, -0.2) is 0 Å². The Labute approximate surface area is 70.8 Å². The number of hydrogen-bond donors (Lipinski definition) is 0. The van der Waals surface area contributed by atoms with Gasteiger partial charge in [-0.15, -0.1) is 0 Å². The topological polar surface area (TPSA) is 40.9 Å². The molecule has 0 unspecified atom stereocenters. The van der Waals surface area contributed by atoms with Gasteiger partial charge >= 0.3 is 0 Å². The summed E-state index contributed by atoms with van der Waals surface area (Å²) in [6.45, 7) is 0. The van der Waals surface area contributed by atoms with Gasteiger partial charge < -0.3 is 0 Å². The standard InChI is InChI=1S/C10H7NO/c11-8-10-5-3-9(4-6-10)2-1-7-12/h1-7H/b2-1+. The predicted molar refractivity (Wildman–Crippen MR) is 46.3 cm³/mol. The lowest BCUT2D eigenvalue weighted by atomic mass is 10.1. The summed E-state index contributed by atoms with van der Waals surface area (Å²) in [6.07, 6.45) is 3.83. The van der Waals surface area contributed by atoms with Gasteiger partial charge in [-0.2, -0.15) is 5.26 Å². The molecular weight excluding hydrogens is 150 g/mol. The van der Waals surface area contributed by atoms with Crippen molar-refractivity contribution in [2.45, 2.75) is 0 Å². The number of nitriles is 1. The highest BCUT2D eigenvalue weighted by Crippen LogP contribution is 2.04. The van der Waals surface area contributed by atoms with Crippen molar-refractivity contribution in [1.82, 2.24) is 0 Å². The molecule has 1 aromatic rings. The quantitative estimate of drug-likeness (QED) is 0.485. The third kappa shape index (κ3) is 2.06. The number of aldehydes is 1. The molecule has 0 fully saturated rings. The smallest absolute Gasteiger partial charge is 0.142 e. The van der Waals surface area contributed by atoms with Crippen LogP contribution in [-0.2, 0) is 4.79 Å². The molecule has 1 aromatic carbocycles. The van der Waals surface area contributed by atoms with Crippen LogP contribution < -0.4 is 0 Å². The number of nitrogens with zero attached hydrogens (tertiary/aromatic N) is 1. The van der Waals surface area contributed by atoms with E-state index in [4.69, 9.17) is 5.26 Å². The van der Waals surface area contributed by atoms with E-state index in [-0.39, 0.29) is 0 Å². The van der Waals surface area contributed by atoms with Crippen LogP contribution in [0.2, 0.25) is 0 Å². The zero-order chi connectivity index (χ0) is 8.81. The number of carbonyl (C=O) groups is 1. The maximum Gasteiger partial charge on any atom is 0.142 e. The van der Waals surface area contributed by atoms with Crippen LogP contribution >= 0.6 is 0 Å². The van der Waals surface area contributed by atoms with E-state index in [1.807, 2.05) is 6.07 Å². The van der Waals surface area contributed by atoms with Gasteiger partial charge in [0.1, 0.15) is 6.29 Å². The molecule has 0 aliphatic rings. The number of hydrogen-bond acceptors (Lipinski definition) is 2. The maximum atomic E-state index is 9.96. The monoisotopic (exact) mass is 157 g/mol. The minimum atomic E-state index is 0.623. The third-order valence-electron chi connectivity index (χ3n) is 1.41. The van der Waals surface area contributed by atoms with Crippen LogP contribution in [0.25, 0.3) is 6.08 Å². The second-order valence-electron chi connectivity index (χ2n) is 2.23. The summed E-state index contributed by atoms with van der Waals surface area (Å²) in [5.74, 6) is 0. The lowest BCUT2D eigenvalue weighted by Gasteiger charge is -1.90. The predicted octanol–water partition coefficient (Wildman–Crippen LogP) is 1.77. The number of rotatable bonds is 2. The first kappa shape index (κ1) is 8.22. The Morgan fingerprint density at radius 2 is 1.92 bits per heavy atom. The van der Waals surface area contributed by atoms with Gasteiger partial charge in [0.25, 0.3) is 0 Å². The second-order valence-corrected chi connectivity index (χ2v) is 2.23. The zero-order valence-corrected chi connectivity index (χ0v) is 6.40. The van der Waals surface area contributed by atoms with Crippen molar-refractivity contribution in [2.75, 3.05) is 0 Å². The second kappa shape index (κ2) is 4.09. The van der Waals surface area contributed by atoms with Gasteiger partial charge in [-0.05, 0) is 23.8 Å². The third-order valence-corrected chi connectivity index (χ3v) is 1.41. The fraction of sp³-hybridized carbons (Fsp3) is 0. The minimum absolute atomic E-state index is 0.623. The van der Waals surface area contributed by atoms with E-state index in [0.717, 1.165) is 11.8 Å². The Morgan fingerprint density at radius 3 is 2.42 bits per heavy atom. The molecule has 0 aromatic heterocycles. The van der Waals surface area contributed by atoms with Gasteiger partial charge in [0.15, 0.2) is 0 Å². The van der Waals surface area contributed by atoms with Crippen LogP contribution in [0.5, 0.6) is 0 Å². The molecule has 2 nitrogen and oxygen atoms in total. The van der Waals surface area contributed by atoms with E-state index in [0.29, 0.717) is 5.56 Å². The molecule has 0 amide bonds. The van der Waals surface area contributed by atoms with Crippen LogP contribution in [0, 0.1) is 11.3 Å². The molecule has 2 heteroatoms. The first-order chi connectivity index (χ1) is 5.86. The van der Waals surface area contributed by atoms with E-state index in [9.17, 15) is 4.79 Å². The van der Waals surface area contributed by atoms with Crippen molar-refractivity contribution in [3.8, 4) is 6.07 Å². The average molecular weight is 157 g/mol. The molecule has 0 atom stereocenters. The Bertz CT molecular complexity index is 330. The van der Waals surface area contributed by atoms with Gasteiger partial charge in [-0.3, -0.25) is 4.79 Å². The molecule has 0 saturated heterocycles. The highest BCUT2D eigenvalue weighted by atomic mass is 16.1. The Kier molecular flexibility index (Phi) is 2.80. The van der Waals surface area contributed by atoms with Crippen molar-refractivity contribution < 1.29 is 4.79 Å². The molecule has 58 valence electrons. The summed E-state index contributed by atoms with van der Waals surface area (Å²) in [5, 5.41) is 8.48. The van der Waals surface area contributed by atoms with Crippen LogP contribution in [0.4, 0.5) is 0 Å². The van der Waals surface area contributed by atoms with Crippen LogP contribution in [0.1, 0.15) is 11.1 Å². The van der Waals surface area contributed by atoms with E-state index < -0.39 is 0 Å². The molecule has 0 aliphatic heterocycles. The Morgan fingerprint density at radius 1 is 1.25 bits per heavy atom. The number of allylic oxidation sites excluding steroid dienone is 1. The SMILES string of the molecule is N#Cc1ccc(/C=C/C=O)cc1. The molecule has 12 heavy (non-hydrogen) atoms. The molecule has 0 heterocycles. The van der Waals surface area contributed by atoms with Crippen LogP contribution in [0.3, 0.4) is 0 Å². The van der Waals surface area contributed by atoms with Crippen LogP contribution in [0.15, 0.2) is 30.3 Å². The lowest BCUT2D eigenvalue weighted by molar-refractivity contribution is -0.104. The normalized spacial score (nSPS) is 9.58. The first-order valence-corrected chi connectivity index (χ1v) is 3.49. The molecular formula is C10H7NO. The summed E-state index contributed by atoms with van der Waals surface area (Å²) in [5.41, 5.74) is 1.54. The van der Waals surface area contributed by atoms with Gasteiger partial charge in [-0.1, -0.05) is 18.2 Å². The average Bonchev–Trinajstić information content (AvgIpc) is 2.15. The summed E-state index contributed by atoms with van der Waals surface area (Å²) in [4.78, 5) is 9.96. The fourth-order valence-corrected chi connectivity index (χ4v) is 0.819. The minimum Gasteiger partial charge on any atom is -0.299 e. The fourth-order valence-electron chi connectivity index (χ4n) is 0.819. The highest BCUT2D eigenvalue weighted by molar-refractivity contribution is 5.73. The van der Waals surface area contributed by atoms with Crippen LogP contribution in [-0.4, -0.2) is 6.29 Å². The highest BCUT2D eigenvalue weighted by Gasteiger charge is 1.87. The van der Waals surface area contributed by atoms with Crippen molar-refractivity contribution in [2.24, 2.45) is 0 Å². The molecule has 0 spiro atoms. The number of benzene rings is 1. The van der Waals surface area contributed by atoms with E-state index in [1.165, 1.54) is 6.08 Å². The first-order valence-electron chi connectivity index (χ1n) is 3.49. The van der Waals surface area contributed by atoms with Crippen molar-refractivity contribution in [3.63, 3.8) is 0 Å². The van der Waals surface area contributed by atoms with E-state index in [2.05, 4.69) is 0 Å². The molecule has 0 N–H and O–H groups in total. The van der Waals surface area contributed by atoms with Crippen molar-refractivity contribution >= 4 is 12.4 Å². The lowest BCUT2D eigenvalue weighted by Crippen LogP contribution is -1.74. The Balaban J connectivity index is 2.86. The van der Waals surface area contributed by atoms with E-state index in [1.54, 1.807) is 30.3 Å². The molecule has 1 rings (SSSR count). The number of carbonyl (C=O) groups excluding carboxylic acids is 1. The van der Waals surface area contributed by atoms with Crippen molar-refractivity contribution in [1.29, 1.82) is 5.26 Å². The maximum absolute atomic E-state index is 9.96. The molecule has 0 radical (unpaired) electrons. The van der Waals surface area contributed by atoms with Gasteiger partial charge in [0.2, 0.25) is 0 Å². The zero-order valence-electron chi connectivity index (χ0n) is 6.40. The summed E-state index contributed by atoms with van der Waals surface area (Å²) >= 11 is 0.